The molecule has 0 spiro atoms. The minimum Gasteiger partial charge on any atom is -0.394 e. The zero-order valence-corrected chi connectivity index (χ0v) is 20.6. The number of rotatable bonds is 8. The minimum absolute atomic E-state index is 0.343. The van der Waals surface area contributed by atoms with Crippen molar-refractivity contribution in [3.8, 4) is 6.07 Å². The zero-order chi connectivity index (χ0) is 26.7. The van der Waals surface area contributed by atoms with Crippen LogP contribution in [0.5, 0.6) is 0 Å². The number of allylic oxidation sites excluding steroid dienone is 2. The SMILES string of the molecule is CC1CCCCN1c1ccc2cc(/C(=C(\C#N)S(=O)(=O)CCC(O)C(O)CO)C(F)(F)F)ccc2c1. The third-order valence-electron chi connectivity index (χ3n) is 6.48. The van der Waals surface area contributed by atoms with E-state index in [2.05, 4.69) is 11.8 Å². The van der Waals surface area contributed by atoms with Crippen LogP contribution in [0.25, 0.3) is 16.3 Å². The smallest absolute Gasteiger partial charge is 0.394 e. The quantitative estimate of drug-likeness (QED) is 0.450. The van der Waals surface area contributed by atoms with Gasteiger partial charge in [-0.1, -0.05) is 18.2 Å². The summed E-state index contributed by atoms with van der Waals surface area (Å²) in [6.07, 6.45) is -5.90. The summed E-state index contributed by atoms with van der Waals surface area (Å²) >= 11 is 0. The van der Waals surface area contributed by atoms with E-state index in [0.29, 0.717) is 16.8 Å². The number of aliphatic hydroxyl groups is 3. The molecule has 7 nitrogen and oxygen atoms in total. The third-order valence-corrected chi connectivity index (χ3v) is 8.17. The second-order valence-corrected chi connectivity index (χ2v) is 11.1. The van der Waals surface area contributed by atoms with Crippen LogP contribution in [0.3, 0.4) is 0 Å². The Morgan fingerprint density at radius 3 is 2.42 bits per heavy atom. The normalized spacial score (nSPS) is 19.5. The van der Waals surface area contributed by atoms with Gasteiger partial charge in [-0.2, -0.15) is 18.4 Å². The number of piperidine rings is 1. The maximum atomic E-state index is 14.1. The van der Waals surface area contributed by atoms with Crippen molar-refractivity contribution in [3.05, 3.63) is 46.9 Å². The predicted molar refractivity (Wildman–Crippen MR) is 131 cm³/mol. The monoisotopic (exact) mass is 526 g/mol. The topological polar surface area (TPSA) is 122 Å². The predicted octanol–water partition coefficient (Wildman–Crippen LogP) is 3.53. The summed E-state index contributed by atoms with van der Waals surface area (Å²) in [4.78, 5) is 0.791. The van der Waals surface area contributed by atoms with Crippen LogP contribution >= 0.6 is 0 Å². The Morgan fingerprint density at radius 1 is 1.14 bits per heavy atom. The Bertz CT molecular complexity index is 1270. The number of benzene rings is 2. The van der Waals surface area contributed by atoms with Gasteiger partial charge in [0.2, 0.25) is 0 Å². The van der Waals surface area contributed by atoms with E-state index in [1.165, 1.54) is 18.2 Å². The van der Waals surface area contributed by atoms with E-state index in [1.807, 2.05) is 12.1 Å². The summed E-state index contributed by atoms with van der Waals surface area (Å²) in [6, 6.07) is 10.7. The maximum Gasteiger partial charge on any atom is 0.418 e. The zero-order valence-electron chi connectivity index (χ0n) is 19.7. The highest BCUT2D eigenvalue weighted by atomic mass is 32.2. The Balaban J connectivity index is 2.03. The number of alkyl halides is 3. The van der Waals surface area contributed by atoms with E-state index >= 15 is 0 Å². The average Bonchev–Trinajstić information content (AvgIpc) is 2.84. The van der Waals surface area contributed by atoms with Crippen molar-refractivity contribution < 1.29 is 36.9 Å². The second-order valence-electron chi connectivity index (χ2n) is 9.02. The van der Waals surface area contributed by atoms with Gasteiger partial charge in [-0.15, -0.1) is 0 Å². The molecule has 3 unspecified atom stereocenters. The van der Waals surface area contributed by atoms with Gasteiger partial charge in [0, 0.05) is 18.3 Å². The van der Waals surface area contributed by atoms with Gasteiger partial charge in [0.05, 0.1) is 24.0 Å². The maximum absolute atomic E-state index is 14.1. The number of anilines is 1. The lowest BCUT2D eigenvalue weighted by molar-refractivity contribution is -0.0690. The molecule has 3 rings (SSSR count). The Kier molecular flexibility index (Phi) is 8.67. The van der Waals surface area contributed by atoms with Crippen LogP contribution in [0.1, 0.15) is 38.2 Å². The first kappa shape index (κ1) is 27.9. The molecule has 0 radical (unpaired) electrons. The summed E-state index contributed by atoms with van der Waals surface area (Å²) in [5.74, 6) is -1.02. The van der Waals surface area contributed by atoms with Crippen LogP contribution in [-0.2, 0) is 9.84 Å². The van der Waals surface area contributed by atoms with E-state index in [9.17, 15) is 37.1 Å². The van der Waals surface area contributed by atoms with Crippen molar-refractivity contribution in [2.24, 2.45) is 0 Å². The first-order chi connectivity index (χ1) is 16.9. The minimum atomic E-state index is -5.15. The molecule has 1 saturated heterocycles. The van der Waals surface area contributed by atoms with E-state index < -0.39 is 63.0 Å². The second kappa shape index (κ2) is 11.2. The molecule has 3 atom stereocenters. The van der Waals surface area contributed by atoms with Crippen LogP contribution in [0.2, 0.25) is 0 Å². The molecule has 0 aromatic heterocycles. The largest absolute Gasteiger partial charge is 0.418 e. The van der Waals surface area contributed by atoms with Gasteiger partial charge in [0.25, 0.3) is 0 Å². The van der Waals surface area contributed by atoms with Crippen LogP contribution in [-0.4, -0.2) is 67.1 Å². The highest BCUT2D eigenvalue weighted by molar-refractivity contribution is 7.95. The molecule has 36 heavy (non-hydrogen) atoms. The van der Waals surface area contributed by atoms with Crippen LogP contribution < -0.4 is 4.90 Å². The molecular formula is C25H29F3N2O5S. The fraction of sp³-hybridized carbons (Fsp3) is 0.480. The molecule has 1 aliphatic rings. The lowest BCUT2D eigenvalue weighted by atomic mass is 9.98. The van der Waals surface area contributed by atoms with E-state index in [4.69, 9.17) is 5.11 Å². The van der Waals surface area contributed by atoms with Gasteiger partial charge < -0.3 is 20.2 Å². The fourth-order valence-corrected chi connectivity index (χ4v) is 5.89. The van der Waals surface area contributed by atoms with E-state index in [0.717, 1.165) is 37.6 Å². The molecule has 0 bridgehead atoms. The molecule has 0 amide bonds. The van der Waals surface area contributed by atoms with Gasteiger partial charge >= 0.3 is 6.18 Å². The van der Waals surface area contributed by atoms with Crippen LogP contribution in [0, 0.1) is 11.3 Å². The van der Waals surface area contributed by atoms with Gasteiger partial charge in [-0.25, -0.2) is 8.42 Å². The molecule has 2 aromatic rings. The average molecular weight is 527 g/mol. The number of hydrogen-bond acceptors (Lipinski definition) is 7. The van der Waals surface area contributed by atoms with Gasteiger partial charge in [-0.3, -0.25) is 0 Å². The highest BCUT2D eigenvalue weighted by Crippen LogP contribution is 2.39. The lowest BCUT2D eigenvalue weighted by Gasteiger charge is -2.35. The van der Waals surface area contributed by atoms with E-state index in [-0.39, 0.29) is 0 Å². The van der Waals surface area contributed by atoms with Crippen molar-refractivity contribution in [2.75, 3.05) is 23.8 Å². The number of aliphatic hydroxyl groups excluding tert-OH is 3. The number of halogens is 3. The summed E-state index contributed by atoms with van der Waals surface area (Å²) in [6.45, 7) is 2.16. The Hall–Kier alpha value is -2.65. The molecule has 196 valence electrons. The number of fused-ring (bicyclic) bond motifs is 1. The molecule has 1 heterocycles. The van der Waals surface area contributed by atoms with Crippen molar-refractivity contribution >= 4 is 31.9 Å². The molecule has 0 saturated carbocycles. The van der Waals surface area contributed by atoms with Crippen molar-refractivity contribution in [1.29, 1.82) is 5.26 Å². The lowest BCUT2D eigenvalue weighted by Crippen LogP contribution is -2.37. The van der Waals surface area contributed by atoms with Crippen molar-refractivity contribution in [3.63, 3.8) is 0 Å². The highest BCUT2D eigenvalue weighted by Gasteiger charge is 2.41. The van der Waals surface area contributed by atoms with Crippen molar-refractivity contribution in [2.45, 2.75) is 57.0 Å². The summed E-state index contributed by atoms with van der Waals surface area (Å²) in [7, 11) is -4.78. The number of nitriles is 1. The number of hydrogen-bond donors (Lipinski definition) is 3. The summed E-state index contributed by atoms with van der Waals surface area (Å²) < 4.78 is 67.7. The summed E-state index contributed by atoms with van der Waals surface area (Å²) in [5, 5.41) is 38.5. The molecule has 1 fully saturated rings. The summed E-state index contributed by atoms with van der Waals surface area (Å²) in [5.41, 5.74) is -1.10. The van der Waals surface area contributed by atoms with Gasteiger partial charge in [0.15, 0.2) is 14.7 Å². The van der Waals surface area contributed by atoms with E-state index in [1.54, 1.807) is 6.07 Å². The molecule has 1 aliphatic heterocycles. The number of sulfone groups is 1. The van der Waals surface area contributed by atoms with Crippen LogP contribution in [0.4, 0.5) is 18.9 Å². The third kappa shape index (κ3) is 6.18. The van der Waals surface area contributed by atoms with Crippen LogP contribution in [0.15, 0.2) is 41.3 Å². The molecular weight excluding hydrogens is 497 g/mol. The molecule has 11 heteroatoms. The first-order valence-corrected chi connectivity index (χ1v) is 13.3. The fourth-order valence-electron chi connectivity index (χ4n) is 4.45. The van der Waals surface area contributed by atoms with Gasteiger partial charge in [-0.05, 0) is 67.1 Å². The van der Waals surface area contributed by atoms with Gasteiger partial charge in [0.1, 0.15) is 12.2 Å². The molecule has 0 aliphatic carbocycles. The molecule has 2 aromatic carbocycles. The molecule has 3 N–H and O–H groups in total. The Morgan fingerprint density at radius 2 is 1.81 bits per heavy atom. The van der Waals surface area contributed by atoms with Crippen molar-refractivity contribution in [1.82, 2.24) is 0 Å². The first-order valence-electron chi connectivity index (χ1n) is 11.6. The Labute approximate surface area is 208 Å². The number of nitrogens with zero attached hydrogens (tertiary/aromatic N) is 2. The standard InChI is InChI=1S/C25H29F3N2O5S/c1-16-4-2-3-10-30(16)20-8-7-17-12-19(6-5-18(17)13-20)24(25(26,27)28)23(14-29)36(34,35)11-9-21(32)22(33)15-31/h5-8,12-13,16,21-22,31-33H,2-4,9-11,15H2,1H3/b24-23-.